The predicted molar refractivity (Wildman–Crippen MR) is 161 cm³/mol. The minimum absolute atomic E-state index is 0.0579. The largest absolute Gasteiger partial charge is 0.377 e. The van der Waals surface area contributed by atoms with Crippen LogP contribution in [-0.4, -0.2) is 100 Å². The minimum Gasteiger partial charge on any atom is -0.377 e. The Balaban J connectivity index is 1.15. The first-order valence-electron chi connectivity index (χ1n) is 15.5. The SMILES string of the molecule is COC1C=C(C)C(S(=O)(=O)N(C)CCC(=O)NC2CCC(N3CCC(CN4CCC(C)(C)C4)CC3)CC2)=C(C)C1. The van der Waals surface area contributed by atoms with Crippen molar-refractivity contribution in [1.29, 1.82) is 0 Å². The van der Waals surface area contributed by atoms with Crippen LogP contribution in [0.1, 0.15) is 85.5 Å². The zero-order chi connectivity index (χ0) is 29.1. The van der Waals surface area contributed by atoms with Gasteiger partial charge >= 0.3 is 0 Å². The molecule has 2 aliphatic carbocycles. The number of rotatable bonds is 10. The van der Waals surface area contributed by atoms with Crippen LogP contribution in [0.2, 0.25) is 0 Å². The summed E-state index contributed by atoms with van der Waals surface area (Å²) in [6, 6.07) is 0.832. The monoisotopic (exact) mass is 578 g/mol. The highest BCUT2D eigenvalue weighted by atomic mass is 32.2. The van der Waals surface area contributed by atoms with Gasteiger partial charge in [0.1, 0.15) is 0 Å². The van der Waals surface area contributed by atoms with E-state index in [1.165, 1.54) is 56.3 Å². The second-order valence-corrected chi connectivity index (χ2v) is 15.7. The van der Waals surface area contributed by atoms with Crippen LogP contribution in [0.25, 0.3) is 0 Å². The van der Waals surface area contributed by atoms with E-state index in [0.29, 0.717) is 28.4 Å². The molecule has 4 rings (SSSR count). The fraction of sp³-hybridized carbons (Fsp3) is 0.839. The summed E-state index contributed by atoms with van der Waals surface area (Å²) in [5, 5.41) is 3.19. The molecule has 3 fully saturated rings. The number of sulfonamides is 1. The van der Waals surface area contributed by atoms with Gasteiger partial charge < -0.3 is 19.9 Å². The molecule has 0 bridgehead atoms. The molecule has 0 aromatic carbocycles. The lowest BCUT2D eigenvalue weighted by molar-refractivity contribution is -0.122. The first-order valence-corrected chi connectivity index (χ1v) is 17.0. The van der Waals surface area contributed by atoms with Crippen LogP contribution >= 0.6 is 0 Å². The molecule has 228 valence electrons. The summed E-state index contributed by atoms with van der Waals surface area (Å²) < 4.78 is 33.3. The average molecular weight is 579 g/mol. The van der Waals surface area contributed by atoms with Crippen LogP contribution in [0, 0.1) is 11.3 Å². The fourth-order valence-corrected chi connectivity index (χ4v) is 9.03. The molecule has 0 radical (unpaired) electrons. The molecular weight excluding hydrogens is 524 g/mol. The molecule has 1 amide bonds. The first kappa shape index (κ1) is 31.7. The van der Waals surface area contributed by atoms with Gasteiger partial charge in [0.25, 0.3) is 0 Å². The summed E-state index contributed by atoms with van der Waals surface area (Å²) in [7, 11) is -0.451. The lowest BCUT2D eigenvalue weighted by atomic mass is 9.87. The van der Waals surface area contributed by atoms with E-state index in [9.17, 15) is 13.2 Å². The first-order chi connectivity index (χ1) is 18.9. The molecule has 4 aliphatic rings. The van der Waals surface area contributed by atoms with Crippen molar-refractivity contribution >= 4 is 15.9 Å². The smallest absolute Gasteiger partial charge is 0.243 e. The number of carbonyl (C=O) groups excluding carboxylic acids is 1. The molecule has 2 aliphatic heterocycles. The van der Waals surface area contributed by atoms with Crippen LogP contribution in [-0.2, 0) is 19.6 Å². The molecule has 1 saturated carbocycles. The molecule has 1 N–H and O–H groups in total. The van der Waals surface area contributed by atoms with Gasteiger partial charge in [-0.2, -0.15) is 0 Å². The van der Waals surface area contributed by atoms with Gasteiger partial charge in [-0.3, -0.25) is 4.79 Å². The number of methoxy groups -OCH3 is 1. The van der Waals surface area contributed by atoms with Crippen LogP contribution in [0.15, 0.2) is 22.1 Å². The molecule has 0 aromatic rings. The van der Waals surface area contributed by atoms with E-state index in [-0.39, 0.29) is 31.0 Å². The van der Waals surface area contributed by atoms with Crippen molar-refractivity contribution in [3.05, 3.63) is 22.1 Å². The van der Waals surface area contributed by atoms with Gasteiger partial charge in [-0.15, -0.1) is 0 Å². The van der Waals surface area contributed by atoms with Crippen LogP contribution in [0.5, 0.6) is 0 Å². The summed E-state index contributed by atoms with van der Waals surface area (Å²) in [6.07, 6.45) is 10.7. The standard InChI is InChI=1S/C31H54N4O4S/c1-23-19-28(39-6)20-24(2)30(23)40(37,38)33(5)15-13-29(36)32-26-7-9-27(10-8-26)35-16-11-25(12-17-35)21-34-18-14-31(3,4)22-34/h19,25-28H,7-18,20-22H2,1-6H3,(H,32,36). The Bertz CT molecular complexity index is 1050. The van der Waals surface area contributed by atoms with Crippen molar-refractivity contribution in [2.45, 2.75) is 104 Å². The maximum atomic E-state index is 13.3. The van der Waals surface area contributed by atoms with Gasteiger partial charge in [-0.25, -0.2) is 12.7 Å². The second-order valence-electron chi connectivity index (χ2n) is 13.7. The molecule has 8 nitrogen and oxygen atoms in total. The fourth-order valence-electron chi connectivity index (χ4n) is 7.39. The van der Waals surface area contributed by atoms with Gasteiger partial charge in [-0.05, 0) is 102 Å². The maximum Gasteiger partial charge on any atom is 0.243 e. The van der Waals surface area contributed by atoms with Crippen molar-refractivity contribution in [2.75, 3.05) is 53.4 Å². The third-order valence-electron chi connectivity index (χ3n) is 9.81. The molecule has 2 heterocycles. The van der Waals surface area contributed by atoms with Crippen LogP contribution < -0.4 is 5.32 Å². The number of hydrogen-bond acceptors (Lipinski definition) is 6. The van der Waals surface area contributed by atoms with E-state index in [1.54, 1.807) is 14.2 Å². The third kappa shape index (κ3) is 7.97. The molecule has 0 aromatic heterocycles. The van der Waals surface area contributed by atoms with E-state index in [0.717, 1.165) is 37.2 Å². The van der Waals surface area contributed by atoms with E-state index in [2.05, 4.69) is 29.0 Å². The number of piperidine rings is 1. The summed E-state index contributed by atoms with van der Waals surface area (Å²) >= 11 is 0. The van der Waals surface area contributed by atoms with Crippen molar-refractivity contribution in [3.63, 3.8) is 0 Å². The van der Waals surface area contributed by atoms with Gasteiger partial charge in [0.2, 0.25) is 15.9 Å². The van der Waals surface area contributed by atoms with Crippen molar-refractivity contribution in [1.82, 2.24) is 19.4 Å². The van der Waals surface area contributed by atoms with Gasteiger partial charge in [0.05, 0.1) is 11.0 Å². The molecule has 40 heavy (non-hydrogen) atoms. The minimum atomic E-state index is -3.66. The van der Waals surface area contributed by atoms with Crippen molar-refractivity contribution in [2.24, 2.45) is 11.3 Å². The molecule has 9 heteroatoms. The van der Waals surface area contributed by atoms with Crippen LogP contribution in [0.4, 0.5) is 0 Å². The normalized spacial score (nSPS) is 29.2. The quantitative estimate of drug-likeness (QED) is 0.420. The molecular formula is C31H54N4O4S. The lowest BCUT2D eigenvalue weighted by Crippen LogP contribution is -2.47. The zero-order valence-corrected chi connectivity index (χ0v) is 26.7. The Morgan fingerprint density at radius 2 is 1.77 bits per heavy atom. The molecule has 1 unspecified atom stereocenters. The van der Waals surface area contributed by atoms with Gasteiger partial charge in [-0.1, -0.05) is 25.5 Å². The average Bonchev–Trinajstić information content (AvgIpc) is 3.25. The maximum absolute atomic E-state index is 13.3. The number of allylic oxidation sites excluding steroid dienone is 1. The Hall–Kier alpha value is -1.26. The Morgan fingerprint density at radius 1 is 1.10 bits per heavy atom. The van der Waals surface area contributed by atoms with E-state index in [4.69, 9.17) is 4.74 Å². The highest BCUT2D eigenvalue weighted by Crippen LogP contribution is 2.33. The third-order valence-corrected chi connectivity index (χ3v) is 12.0. The Kier molecular flexibility index (Phi) is 10.6. The highest BCUT2D eigenvalue weighted by Gasteiger charge is 2.34. The predicted octanol–water partition coefficient (Wildman–Crippen LogP) is 4.15. The highest BCUT2D eigenvalue weighted by molar-refractivity contribution is 7.93. The molecule has 2 saturated heterocycles. The number of carbonyl (C=O) groups is 1. The van der Waals surface area contributed by atoms with Crippen LogP contribution in [0.3, 0.4) is 0 Å². The summed E-state index contributed by atoms with van der Waals surface area (Å²) in [6.45, 7) is 14.8. The summed E-state index contributed by atoms with van der Waals surface area (Å²) in [5.41, 5.74) is 2.00. The topological polar surface area (TPSA) is 82.2 Å². The lowest BCUT2D eigenvalue weighted by Gasteiger charge is -2.41. The molecule has 0 spiro atoms. The van der Waals surface area contributed by atoms with E-state index >= 15 is 0 Å². The number of likely N-dealkylation sites (tertiary alicyclic amines) is 2. The number of amides is 1. The number of hydrogen-bond donors (Lipinski definition) is 1. The Labute approximate surface area is 243 Å². The van der Waals surface area contributed by atoms with Crippen molar-refractivity contribution < 1.29 is 17.9 Å². The van der Waals surface area contributed by atoms with E-state index in [1.807, 2.05) is 19.9 Å². The number of nitrogens with one attached hydrogen (secondary N) is 1. The second kappa shape index (κ2) is 13.4. The van der Waals surface area contributed by atoms with Crippen molar-refractivity contribution in [3.8, 4) is 0 Å². The Morgan fingerprint density at radius 3 is 2.35 bits per heavy atom. The van der Waals surface area contributed by atoms with Gasteiger partial charge in [0, 0.05) is 52.3 Å². The molecule has 1 atom stereocenters. The van der Waals surface area contributed by atoms with Gasteiger partial charge in [0.15, 0.2) is 0 Å². The zero-order valence-electron chi connectivity index (χ0n) is 25.9. The number of nitrogens with zero attached hydrogens (tertiary/aromatic N) is 3. The summed E-state index contributed by atoms with van der Waals surface area (Å²) in [4.78, 5) is 18.5. The number of ether oxygens (including phenoxy) is 1. The van der Waals surface area contributed by atoms with E-state index < -0.39 is 10.0 Å². The summed E-state index contributed by atoms with van der Waals surface area (Å²) in [5.74, 6) is 0.778.